The van der Waals surface area contributed by atoms with Gasteiger partial charge in [0.1, 0.15) is 19.4 Å². The van der Waals surface area contributed by atoms with Gasteiger partial charge < -0.3 is 0 Å². The van der Waals surface area contributed by atoms with Gasteiger partial charge in [0.15, 0.2) is 0 Å². The molecule has 1 heterocycles. The van der Waals surface area contributed by atoms with Crippen molar-refractivity contribution in [2.24, 2.45) is 0 Å². The number of thiophene rings is 1. The van der Waals surface area contributed by atoms with E-state index in [2.05, 4.69) is 36.6 Å². The minimum absolute atomic E-state index is 0.0203. The van der Waals surface area contributed by atoms with Gasteiger partial charge in [0, 0.05) is 0 Å². The van der Waals surface area contributed by atoms with Crippen LogP contribution in [-0.2, 0) is 10.0 Å². The van der Waals surface area contributed by atoms with Gasteiger partial charge in [0.25, 0.3) is 10.0 Å². The highest BCUT2D eigenvalue weighted by atomic mass is 79.9. The van der Waals surface area contributed by atoms with Crippen LogP contribution in [0.4, 0.5) is 10.1 Å². The predicted molar refractivity (Wildman–Crippen MR) is 86.9 cm³/mol. The summed E-state index contributed by atoms with van der Waals surface area (Å²) in [6.07, 6.45) is 0. The van der Waals surface area contributed by atoms with Gasteiger partial charge in [-0.3, -0.25) is 4.72 Å². The lowest BCUT2D eigenvalue weighted by atomic mass is 10.3. The Labute approximate surface area is 145 Å². The topological polar surface area (TPSA) is 46.2 Å². The average molecular weight is 484 g/mol. The van der Waals surface area contributed by atoms with Crippen LogP contribution in [-0.4, -0.2) is 8.42 Å². The Hall–Kier alpha value is 0.140. The summed E-state index contributed by atoms with van der Waals surface area (Å²) in [6, 6.07) is 3.86. The van der Waals surface area contributed by atoms with E-state index in [0.29, 0.717) is 0 Å². The van der Waals surface area contributed by atoms with Crippen LogP contribution in [0.1, 0.15) is 0 Å². The molecule has 2 aromatic rings. The van der Waals surface area contributed by atoms with Crippen molar-refractivity contribution in [1.29, 1.82) is 0 Å². The molecule has 0 atom stereocenters. The van der Waals surface area contributed by atoms with Crippen LogP contribution in [0.15, 0.2) is 32.0 Å². The van der Waals surface area contributed by atoms with E-state index < -0.39 is 15.8 Å². The van der Waals surface area contributed by atoms with Gasteiger partial charge in [-0.2, -0.15) is 0 Å². The Bertz CT molecular complexity index is 780. The second-order valence-corrected chi connectivity index (χ2v) is 9.02. The number of anilines is 1. The molecule has 20 heavy (non-hydrogen) atoms. The van der Waals surface area contributed by atoms with Gasteiger partial charge in [0.2, 0.25) is 0 Å². The summed E-state index contributed by atoms with van der Waals surface area (Å²) < 4.78 is 40.8. The summed E-state index contributed by atoms with van der Waals surface area (Å²) >= 11 is 18.7. The SMILES string of the molecule is O=S(=O)(Nc1ccc(Br)c(F)c1)c1c(Cl)sc(Cl)c1Br. The molecule has 1 aromatic carbocycles. The maximum Gasteiger partial charge on any atom is 0.265 e. The van der Waals surface area contributed by atoms with Crippen LogP contribution in [0.2, 0.25) is 8.67 Å². The molecular formula is C10H4Br2Cl2FNO2S2. The molecule has 0 unspecified atom stereocenters. The first-order chi connectivity index (χ1) is 9.22. The molecule has 3 nitrogen and oxygen atoms in total. The van der Waals surface area contributed by atoms with Crippen molar-refractivity contribution in [3.05, 3.63) is 41.6 Å². The fourth-order valence-electron chi connectivity index (χ4n) is 1.33. The zero-order chi connectivity index (χ0) is 15.1. The van der Waals surface area contributed by atoms with Crippen molar-refractivity contribution in [2.45, 2.75) is 4.90 Å². The third kappa shape index (κ3) is 3.31. The molecule has 2 rings (SSSR count). The number of hydrogen-bond donors (Lipinski definition) is 1. The van der Waals surface area contributed by atoms with Gasteiger partial charge in [-0.1, -0.05) is 23.2 Å². The normalized spacial score (nSPS) is 11.7. The molecule has 0 aliphatic carbocycles. The summed E-state index contributed by atoms with van der Waals surface area (Å²) in [5.74, 6) is -0.585. The van der Waals surface area contributed by atoms with Crippen molar-refractivity contribution in [1.82, 2.24) is 0 Å². The quantitative estimate of drug-likeness (QED) is 0.624. The molecule has 0 radical (unpaired) electrons. The highest BCUT2D eigenvalue weighted by molar-refractivity contribution is 9.10. The fraction of sp³-hybridized carbons (Fsp3) is 0. The zero-order valence-electron chi connectivity index (χ0n) is 9.25. The molecular weight excluding hydrogens is 480 g/mol. The van der Waals surface area contributed by atoms with Crippen molar-refractivity contribution >= 4 is 82.1 Å². The van der Waals surface area contributed by atoms with E-state index in [1.165, 1.54) is 12.1 Å². The molecule has 0 bridgehead atoms. The Balaban J connectivity index is 2.43. The number of halogens is 5. The molecule has 0 spiro atoms. The summed E-state index contributed by atoms with van der Waals surface area (Å²) in [6.45, 7) is 0. The van der Waals surface area contributed by atoms with E-state index in [0.717, 1.165) is 17.4 Å². The second kappa shape index (κ2) is 6.10. The first kappa shape index (κ1) is 16.5. The van der Waals surface area contributed by atoms with E-state index in [1.807, 2.05) is 0 Å². The first-order valence-electron chi connectivity index (χ1n) is 4.83. The Morgan fingerprint density at radius 2 is 1.85 bits per heavy atom. The molecule has 0 amide bonds. The standard InChI is InChI=1S/C10H4Br2Cl2FNO2S2/c11-5-2-1-4(3-6(5)15)16-20(17,18)8-7(12)9(13)19-10(8)14/h1-3,16H. The van der Waals surface area contributed by atoms with Gasteiger partial charge in [-0.15, -0.1) is 11.3 Å². The molecule has 0 aliphatic rings. The molecule has 1 N–H and O–H groups in total. The van der Waals surface area contributed by atoms with Crippen LogP contribution in [0, 0.1) is 5.82 Å². The van der Waals surface area contributed by atoms with Crippen LogP contribution < -0.4 is 4.72 Å². The van der Waals surface area contributed by atoms with Crippen LogP contribution >= 0.6 is 66.4 Å². The van der Waals surface area contributed by atoms with Gasteiger partial charge >= 0.3 is 0 Å². The summed E-state index contributed by atoms with van der Waals surface area (Å²) in [4.78, 5) is -0.169. The van der Waals surface area contributed by atoms with Gasteiger partial charge in [0.05, 0.1) is 14.6 Å². The number of benzene rings is 1. The van der Waals surface area contributed by atoms with Gasteiger partial charge in [-0.25, -0.2) is 12.8 Å². The van der Waals surface area contributed by atoms with Crippen molar-refractivity contribution in [2.75, 3.05) is 4.72 Å². The van der Waals surface area contributed by atoms with Crippen LogP contribution in [0.5, 0.6) is 0 Å². The van der Waals surface area contributed by atoms with E-state index in [9.17, 15) is 12.8 Å². The van der Waals surface area contributed by atoms with Gasteiger partial charge in [-0.05, 0) is 50.1 Å². The minimum Gasteiger partial charge on any atom is -0.279 e. The van der Waals surface area contributed by atoms with E-state index in [4.69, 9.17) is 23.2 Å². The first-order valence-corrected chi connectivity index (χ1v) is 9.47. The third-order valence-electron chi connectivity index (χ3n) is 2.17. The van der Waals surface area contributed by atoms with E-state index >= 15 is 0 Å². The summed E-state index contributed by atoms with van der Waals surface area (Å²) in [7, 11) is -3.97. The summed E-state index contributed by atoms with van der Waals surface area (Å²) in [5.41, 5.74) is 0.0796. The molecule has 0 fully saturated rings. The lowest BCUT2D eigenvalue weighted by Crippen LogP contribution is -2.13. The molecule has 108 valence electrons. The number of rotatable bonds is 3. The van der Waals surface area contributed by atoms with Crippen molar-refractivity contribution in [3.8, 4) is 0 Å². The zero-order valence-corrected chi connectivity index (χ0v) is 15.6. The van der Waals surface area contributed by atoms with Crippen molar-refractivity contribution in [3.63, 3.8) is 0 Å². The maximum absolute atomic E-state index is 13.4. The second-order valence-electron chi connectivity index (χ2n) is 3.53. The number of sulfonamides is 1. The van der Waals surface area contributed by atoms with Crippen LogP contribution in [0.3, 0.4) is 0 Å². The number of hydrogen-bond acceptors (Lipinski definition) is 3. The highest BCUT2D eigenvalue weighted by Crippen LogP contribution is 2.43. The van der Waals surface area contributed by atoms with E-state index in [-0.39, 0.29) is 28.2 Å². The number of nitrogens with one attached hydrogen (secondary N) is 1. The average Bonchev–Trinajstić information content (AvgIpc) is 2.58. The molecule has 10 heteroatoms. The fourth-order valence-corrected chi connectivity index (χ4v) is 6.19. The third-order valence-corrected chi connectivity index (χ3v) is 7.66. The van der Waals surface area contributed by atoms with E-state index in [1.54, 1.807) is 0 Å². The van der Waals surface area contributed by atoms with Crippen LogP contribution in [0.25, 0.3) is 0 Å². The maximum atomic E-state index is 13.4. The largest absolute Gasteiger partial charge is 0.279 e. The smallest absolute Gasteiger partial charge is 0.265 e. The Morgan fingerprint density at radius 3 is 2.35 bits per heavy atom. The predicted octanol–water partition coefficient (Wildman–Crippen LogP) is 5.52. The Kier molecular flexibility index (Phi) is 5.03. The molecule has 0 aliphatic heterocycles. The molecule has 1 aromatic heterocycles. The Morgan fingerprint density at radius 1 is 1.20 bits per heavy atom. The monoisotopic (exact) mass is 481 g/mol. The minimum atomic E-state index is -3.97. The molecule has 0 saturated carbocycles. The van der Waals surface area contributed by atoms with Crippen molar-refractivity contribution < 1.29 is 12.8 Å². The lowest BCUT2D eigenvalue weighted by Gasteiger charge is -2.08. The summed E-state index contributed by atoms with van der Waals surface area (Å²) in [5, 5.41) is 0. The molecule has 0 saturated heterocycles. The lowest BCUT2D eigenvalue weighted by molar-refractivity contribution is 0.601. The highest BCUT2D eigenvalue weighted by Gasteiger charge is 2.26.